The van der Waals surface area contributed by atoms with E-state index < -0.39 is 8.77 Å². The normalized spacial score (nSPS) is 14.1. The lowest BCUT2D eigenvalue weighted by molar-refractivity contribution is 0.557. The predicted octanol–water partition coefficient (Wildman–Crippen LogP) is 3.70. The van der Waals surface area contributed by atoms with Gasteiger partial charge in [-0.2, -0.15) is 0 Å². The highest BCUT2D eigenvalue weighted by Crippen LogP contribution is 2.30. The van der Waals surface area contributed by atoms with Gasteiger partial charge in [0.1, 0.15) is 0 Å². The Morgan fingerprint density at radius 1 is 1.20 bits per heavy atom. The van der Waals surface area contributed by atoms with Crippen LogP contribution in [0.15, 0.2) is 53.4 Å². The molecule has 1 aromatic heterocycles. The number of fused-ring (bicyclic) bond motifs is 1. The van der Waals surface area contributed by atoms with Crippen LogP contribution in [0.25, 0.3) is 10.2 Å². The maximum Gasteiger partial charge on any atom is 0.290 e. The van der Waals surface area contributed by atoms with Crippen molar-refractivity contribution < 1.29 is 8.39 Å². The first kappa shape index (κ1) is 13.5. The lowest BCUT2D eigenvalue weighted by atomic mass is 10.2. The van der Waals surface area contributed by atoms with E-state index in [4.69, 9.17) is 15.4 Å². The Balaban J connectivity index is 1.97. The van der Waals surface area contributed by atoms with E-state index in [0.29, 0.717) is 10.1 Å². The third-order valence-electron chi connectivity index (χ3n) is 2.74. The van der Waals surface area contributed by atoms with Crippen molar-refractivity contribution in [3.05, 3.63) is 54.1 Å². The first-order chi connectivity index (χ1) is 9.54. The van der Waals surface area contributed by atoms with Crippen molar-refractivity contribution in [2.24, 2.45) is 0 Å². The van der Waals surface area contributed by atoms with Gasteiger partial charge in [0.2, 0.25) is 8.77 Å². The second-order valence-corrected chi connectivity index (χ2v) is 8.16. The molecular formula is C14H11NO2S3. The zero-order chi connectivity index (χ0) is 14.2. The van der Waals surface area contributed by atoms with Crippen molar-refractivity contribution in [1.82, 2.24) is 4.98 Å². The standard InChI is InChI=1S/C14H11NO2S3/c1-10-7-8-12-13(9-10)19-14(15-12)17-20(16,18)11-5-3-2-4-6-11/h2-9H,1H3. The van der Waals surface area contributed by atoms with Gasteiger partial charge < -0.3 is 4.18 Å². The quantitative estimate of drug-likeness (QED) is 0.737. The summed E-state index contributed by atoms with van der Waals surface area (Å²) in [6, 6.07) is 14.7. The van der Waals surface area contributed by atoms with Crippen LogP contribution in [0.3, 0.4) is 0 Å². The van der Waals surface area contributed by atoms with Gasteiger partial charge in [-0.25, -0.2) is 9.19 Å². The van der Waals surface area contributed by atoms with Crippen LogP contribution in [0.2, 0.25) is 0 Å². The summed E-state index contributed by atoms with van der Waals surface area (Å²) < 4.78 is 18.9. The van der Waals surface area contributed by atoms with Gasteiger partial charge in [-0.1, -0.05) is 35.6 Å². The molecule has 0 aliphatic heterocycles. The lowest BCUT2D eigenvalue weighted by Crippen LogP contribution is -2.07. The van der Waals surface area contributed by atoms with E-state index in [2.05, 4.69) is 4.98 Å². The van der Waals surface area contributed by atoms with Gasteiger partial charge in [0.05, 0.1) is 15.1 Å². The summed E-state index contributed by atoms with van der Waals surface area (Å²) in [4.78, 5) is 4.81. The first-order valence-electron chi connectivity index (χ1n) is 5.91. The largest absolute Gasteiger partial charge is 0.366 e. The minimum absolute atomic E-state index is 0.342. The van der Waals surface area contributed by atoms with Gasteiger partial charge >= 0.3 is 0 Å². The van der Waals surface area contributed by atoms with Crippen molar-refractivity contribution in [3.8, 4) is 5.19 Å². The number of hydrogen-bond donors (Lipinski definition) is 0. The first-order valence-corrected chi connectivity index (χ1v) is 9.14. The van der Waals surface area contributed by atoms with Crippen LogP contribution in [-0.2, 0) is 20.0 Å². The molecule has 0 spiro atoms. The van der Waals surface area contributed by atoms with Crippen LogP contribution < -0.4 is 4.18 Å². The monoisotopic (exact) mass is 321 g/mol. The Labute approximate surface area is 126 Å². The molecule has 0 fully saturated rings. The number of hydrogen-bond acceptors (Lipinski definition) is 5. The van der Waals surface area contributed by atoms with Crippen molar-refractivity contribution >= 4 is 41.5 Å². The number of nitrogens with zero attached hydrogens (tertiary/aromatic N) is 1. The summed E-state index contributed by atoms with van der Waals surface area (Å²) in [7, 11) is -2.99. The summed E-state index contributed by atoms with van der Waals surface area (Å²) in [6.45, 7) is 2.01. The topological polar surface area (TPSA) is 39.2 Å². The zero-order valence-electron chi connectivity index (χ0n) is 10.6. The molecule has 1 atom stereocenters. The summed E-state index contributed by atoms with van der Waals surface area (Å²) in [5, 5.41) is 0.342. The van der Waals surface area contributed by atoms with Gasteiger partial charge in [-0.15, -0.1) is 0 Å². The summed E-state index contributed by atoms with van der Waals surface area (Å²) in [6.07, 6.45) is 0. The van der Waals surface area contributed by atoms with E-state index in [1.807, 2.05) is 31.2 Å². The van der Waals surface area contributed by atoms with E-state index in [1.165, 1.54) is 11.3 Å². The van der Waals surface area contributed by atoms with Crippen molar-refractivity contribution in [3.63, 3.8) is 0 Å². The van der Waals surface area contributed by atoms with Crippen LogP contribution in [0.4, 0.5) is 0 Å². The molecule has 0 bridgehead atoms. The molecule has 3 nitrogen and oxygen atoms in total. The Bertz CT molecular complexity index is 855. The van der Waals surface area contributed by atoms with Gasteiger partial charge in [0.25, 0.3) is 5.19 Å². The van der Waals surface area contributed by atoms with Crippen LogP contribution in [0, 0.1) is 6.92 Å². The molecule has 3 aromatic rings. The molecule has 0 saturated heterocycles. The number of benzene rings is 2. The molecule has 0 aliphatic rings. The molecule has 102 valence electrons. The predicted molar refractivity (Wildman–Crippen MR) is 85.2 cm³/mol. The second kappa shape index (κ2) is 5.12. The average Bonchev–Trinajstić information content (AvgIpc) is 2.80. The minimum Gasteiger partial charge on any atom is -0.366 e. The van der Waals surface area contributed by atoms with Crippen LogP contribution in [0.1, 0.15) is 5.56 Å². The number of aromatic nitrogens is 1. The molecule has 0 amide bonds. The van der Waals surface area contributed by atoms with E-state index in [-0.39, 0.29) is 0 Å². The maximum atomic E-state index is 12.5. The van der Waals surface area contributed by atoms with Crippen molar-refractivity contribution in [1.29, 1.82) is 0 Å². The number of thiazole rings is 1. The Morgan fingerprint density at radius 2 is 1.95 bits per heavy atom. The van der Waals surface area contributed by atoms with Gasteiger partial charge in [0, 0.05) is 11.2 Å². The fourth-order valence-corrected chi connectivity index (χ4v) is 4.46. The third kappa shape index (κ3) is 2.67. The molecule has 0 N–H and O–H groups in total. The van der Waals surface area contributed by atoms with Crippen LogP contribution in [0.5, 0.6) is 5.19 Å². The highest BCUT2D eigenvalue weighted by atomic mass is 32.8. The molecule has 6 heteroatoms. The molecular weight excluding hydrogens is 310 g/mol. The summed E-state index contributed by atoms with van der Waals surface area (Å²) in [5.74, 6) is 0. The molecule has 0 saturated carbocycles. The molecule has 0 radical (unpaired) electrons. The van der Waals surface area contributed by atoms with Crippen molar-refractivity contribution in [2.45, 2.75) is 11.8 Å². The molecule has 1 unspecified atom stereocenters. The fraction of sp³-hybridized carbons (Fsp3) is 0.0714. The highest BCUT2D eigenvalue weighted by molar-refractivity contribution is 8.30. The van der Waals surface area contributed by atoms with Gasteiger partial charge in [-0.05, 0) is 36.8 Å². The molecule has 3 rings (SSSR count). The SMILES string of the molecule is Cc1ccc2nc(OS(=O)(=S)c3ccccc3)sc2c1. The van der Waals surface area contributed by atoms with Crippen LogP contribution in [-0.4, -0.2) is 9.19 Å². The Kier molecular flexibility index (Phi) is 3.45. The van der Waals surface area contributed by atoms with Gasteiger partial charge in [-0.3, -0.25) is 0 Å². The van der Waals surface area contributed by atoms with E-state index in [1.54, 1.807) is 24.3 Å². The average molecular weight is 321 g/mol. The third-order valence-corrected chi connectivity index (χ3v) is 5.75. The second-order valence-electron chi connectivity index (χ2n) is 4.30. The maximum absolute atomic E-state index is 12.5. The zero-order valence-corrected chi connectivity index (χ0v) is 13.1. The van der Waals surface area contributed by atoms with Gasteiger partial charge in [0.15, 0.2) is 0 Å². The fourth-order valence-electron chi connectivity index (χ4n) is 1.78. The highest BCUT2D eigenvalue weighted by Gasteiger charge is 2.15. The molecule has 2 aromatic carbocycles. The smallest absolute Gasteiger partial charge is 0.290 e. The van der Waals surface area contributed by atoms with Crippen LogP contribution >= 0.6 is 11.3 Å². The lowest BCUT2D eigenvalue weighted by Gasteiger charge is -2.05. The van der Waals surface area contributed by atoms with E-state index in [9.17, 15) is 4.21 Å². The number of rotatable bonds is 3. The van der Waals surface area contributed by atoms with Crippen molar-refractivity contribution in [2.75, 3.05) is 0 Å². The Morgan fingerprint density at radius 3 is 2.70 bits per heavy atom. The molecule has 0 aliphatic carbocycles. The number of aryl methyl sites for hydroxylation is 1. The Hall–Kier alpha value is -1.50. The molecule has 20 heavy (non-hydrogen) atoms. The summed E-state index contributed by atoms with van der Waals surface area (Å²) in [5.41, 5.74) is 1.98. The van der Waals surface area contributed by atoms with E-state index >= 15 is 0 Å². The minimum atomic E-state index is -2.99. The van der Waals surface area contributed by atoms with E-state index in [0.717, 1.165) is 15.8 Å². The molecule has 1 heterocycles. The summed E-state index contributed by atoms with van der Waals surface area (Å²) >= 11 is 6.45.